The van der Waals surface area contributed by atoms with Gasteiger partial charge in [0.1, 0.15) is 0 Å². The van der Waals surface area contributed by atoms with Gasteiger partial charge in [0.2, 0.25) is 5.91 Å². The number of ether oxygens (including phenoxy) is 4. The summed E-state index contributed by atoms with van der Waals surface area (Å²) in [6.07, 6.45) is 1.05. The van der Waals surface area contributed by atoms with Gasteiger partial charge in [-0.15, -0.1) is 0 Å². The van der Waals surface area contributed by atoms with Gasteiger partial charge in [-0.1, -0.05) is 20.4 Å². The molecule has 2 aromatic rings. The van der Waals surface area contributed by atoms with E-state index in [0.717, 1.165) is 23.1 Å². The van der Waals surface area contributed by atoms with Crippen molar-refractivity contribution >= 4 is 11.6 Å². The van der Waals surface area contributed by atoms with Crippen molar-refractivity contribution in [2.45, 2.75) is 32.6 Å². The molecule has 1 aliphatic heterocycles. The number of hydrogen-bond acceptors (Lipinski definition) is 6. The Kier molecular flexibility index (Phi) is 7.08. The molecule has 0 spiro atoms. The summed E-state index contributed by atoms with van der Waals surface area (Å²) in [7, 11) is 6.37. The van der Waals surface area contributed by atoms with Crippen molar-refractivity contribution in [3.63, 3.8) is 0 Å². The van der Waals surface area contributed by atoms with Crippen LogP contribution in [0.5, 0.6) is 23.0 Å². The molecule has 1 atom stereocenters. The fourth-order valence-corrected chi connectivity index (χ4v) is 3.95. The van der Waals surface area contributed by atoms with Crippen LogP contribution in [0.4, 0.5) is 0 Å². The molecule has 0 N–H and O–H groups in total. The number of fused-ring (bicyclic) bond motifs is 1. The number of carbonyl (C=O) groups excluding carboxylic acids is 1. The minimum absolute atomic E-state index is 0.123. The lowest BCUT2D eigenvalue weighted by molar-refractivity contribution is -0.129. The number of allylic oxidation sites excluding steroid dienone is 1. The number of rotatable bonds is 7. The van der Waals surface area contributed by atoms with E-state index >= 15 is 0 Å². The summed E-state index contributed by atoms with van der Waals surface area (Å²) < 4.78 is 22.0. The van der Waals surface area contributed by atoms with Gasteiger partial charge in [0.05, 0.1) is 34.2 Å². The summed E-state index contributed by atoms with van der Waals surface area (Å²) in [5, 5.41) is 6.24. The second-order valence-corrected chi connectivity index (χ2v) is 7.32. The van der Waals surface area contributed by atoms with Crippen LogP contribution in [-0.4, -0.2) is 45.1 Å². The van der Waals surface area contributed by atoms with E-state index in [9.17, 15) is 4.79 Å². The number of hydrazone groups is 1. The van der Waals surface area contributed by atoms with E-state index in [1.165, 1.54) is 5.01 Å². The molecule has 7 nitrogen and oxygen atoms in total. The minimum atomic E-state index is -0.127. The van der Waals surface area contributed by atoms with Crippen LogP contribution in [-0.2, 0) is 4.79 Å². The van der Waals surface area contributed by atoms with Gasteiger partial charge in [-0.2, -0.15) is 5.10 Å². The van der Waals surface area contributed by atoms with Crippen molar-refractivity contribution in [1.29, 1.82) is 0 Å². The maximum atomic E-state index is 12.9. The molecule has 0 radical (unpaired) electrons. The zero-order chi connectivity index (χ0) is 23.4. The van der Waals surface area contributed by atoms with Crippen LogP contribution >= 0.6 is 0 Å². The molecule has 1 aliphatic rings. The number of amides is 1. The van der Waals surface area contributed by atoms with Crippen LogP contribution in [0.25, 0.3) is 0 Å². The lowest BCUT2D eigenvalue weighted by Crippen LogP contribution is -2.26. The Morgan fingerprint density at radius 2 is 1.53 bits per heavy atom. The van der Waals surface area contributed by atoms with Crippen molar-refractivity contribution in [3.8, 4) is 23.0 Å². The first kappa shape index (κ1) is 23.2. The molecule has 1 unspecified atom stereocenters. The molecule has 170 valence electrons. The highest BCUT2D eigenvalue weighted by atomic mass is 16.5. The topological polar surface area (TPSA) is 69.6 Å². The van der Waals surface area contributed by atoms with Crippen molar-refractivity contribution < 1.29 is 23.7 Å². The smallest absolute Gasteiger partial charge is 0.246 e. The summed E-state index contributed by atoms with van der Waals surface area (Å²) in [5.74, 6) is 2.11. The summed E-state index contributed by atoms with van der Waals surface area (Å²) in [4.78, 5) is 12.9. The van der Waals surface area contributed by atoms with E-state index in [1.807, 2.05) is 37.3 Å². The van der Waals surface area contributed by atoms with Crippen LogP contribution in [0.2, 0.25) is 0 Å². The molecule has 0 saturated carbocycles. The summed E-state index contributed by atoms with van der Waals surface area (Å²) >= 11 is 0. The normalized spacial score (nSPS) is 15.4. The molecule has 1 heterocycles. The monoisotopic (exact) mass is 438 g/mol. The Bertz CT molecular complexity index is 1060. The van der Waals surface area contributed by atoms with Gasteiger partial charge in [-0.05, 0) is 42.3 Å². The maximum Gasteiger partial charge on any atom is 0.246 e. The molecule has 1 amide bonds. The average molecular weight is 439 g/mol. The van der Waals surface area contributed by atoms with Crippen molar-refractivity contribution in [3.05, 3.63) is 59.3 Å². The van der Waals surface area contributed by atoms with Crippen molar-refractivity contribution in [2.24, 2.45) is 5.10 Å². The summed E-state index contributed by atoms with van der Waals surface area (Å²) in [6, 6.07) is 9.41. The third kappa shape index (κ3) is 4.02. The van der Waals surface area contributed by atoms with E-state index in [1.54, 1.807) is 28.4 Å². The average Bonchev–Trinajstić information content (AvgIpc) is 2.95. The lowest BCUT2D eigenvalue weighted by atomic mass is 9.86. The molecular formula is C25H30N2O5. The second kappa shape index (κ2) is 9.77. The summed E-state index contributed by atoms with van der Waals surface area (Å²) in [6.45, 7) is 8.12. The number of hydrogen-bond donors (Lipinski definition) is 0. The molecule has 2 aromatic carbocycles. The first-order chi connectivity index (χ1) is 15.4. The lowest BCUT2D eigenvalue weighted by Gasteiger charge is -2.24. The maximum absolute atomic E-state index is 12.9. The van der Waals surface area contributed by atoms with Crippen molar-refractivity contribution in [1.82, 2.24) is 5.01 Å². The number of benzene rings is 2. The van der Waals surface area contributed by atoms with E-state index in [4.69, 9.17) is 24.0 Å². The molecule has 0 aliphatic carbocycles. The Morgan fingerprint density at radius 1 is 0.938 bits per heavy atom. The van der Waals surface area contributed by atoms with Crippen LogP contribution in [0.1, 0.15) is 49.3 Å². The Hall–Kier alpha value is -3.48. The molecule has 3 rings (SSSR count). The quantitative estimate of drug-likeness (QED) is 0.625. The molecule has 0 fully saturated rings. The van der Waals surface area contributed by atoms with E-state index in [0.29, 0.717) is 40.8 Å². The molecule has 32 heavy (non-hydrogen) atoms. The van der Waals surface area contributed by atoms with Crippen LogP contribution in [0.3, 0.4) is 0 Å². The fourth-order valence-electron chi connectivity index (χ4n) is 3.95. The fraction of sp³-hybridized carbons (Fsp3) is 0.360. The molecule has 7 heteroatoms. The van der Waals surface area contributed by atoms with Crippen molar-refractivity contribution in [2.75, 3.05) is 28.4 Å². The zero-order valence-electron chi connectivity index (χ0n) is 19.5. The number of methoxy groups -OCH3 is 4. The molecule has 0 aromatic heterocycles. The predicted octanol–water partition coefficient (Wildman–Crippen LogP) is 4.73. The second-order valence-electron chi connectivity index (χ2n) is 7.32. The molecule has 0 bridgehead atoms. The molecule has 0 saturated heterocycles. The highest BCUT2D eigenvalue weighted by Crippen LogP contribution is 2.42. The van der Waals surface area contributed by atoms with Gasteiger partial charge in [0, 0.05) is 29.2 Å². The van der Waals surface area contributed by atoms with E-state index in [2.05, 4.69) is 13.5 Å². The van der Waals surface area contributed by atoms with Crippen LogP contribution in [0, 0.1) is 0 Å². The van der Waals surface area contributed by atoms with Crippen LogP contribution < -0.4 is 18.9 Å². The van der Waals surface area contributed by atoms with E-state index < -0.39 is 0 Å². The highest BCUT2D eigenvalue weighted by molar-refractivity contribution is 6.15. The predicted molar refractivity (Wildman–Crippen MR) is 124 cm³/mol. The van der Waals surface area contributed by atoms with Gasteiger partial charge in [-0.25, -0.2) is 5.01 Å². The standard InChI is InChI=1S/C25H30N2O5/c1-8-17-15(3)27(24(28)9-2)26-25(16-10-11-20(29-4)21(12-16)30-5)19-14-23(32-7)22(31-6)13-18(17)19/h10-14,17H,3,8-9H2,1-2,4-7H3. The Morgan fingerprint density at radius 3 is 2.09 bits per heavy atom. The van der Waals surface area contributed by atoms with Gasteiger partial charge < -0.3 is 18.9 Å². The Labute approximate surface area is 189 Å². The number of carbonyl (C=O) groups is 1. The summed E-state index contributed by atoms with van der Waals surface area (Å²) in [5.41, 5.74) is 3.82. The Balaban J connectivity index is 2.36. The number of nitrogens with zero attached hydrogens (tertiary/aromatic N) is 2. The molecular weight excluding hydrogens is 408 g/mol. The first-order valence-electron chi connectivity index (χ1n) is 10.5. The zero-order valence-corrected chi connectivity index (χ0v) is 19.5. The van der Waals surface area contributed by atoms with Gasteiger partial charge in [0.15, 0.2) is 23.0 Å². The van der Waals surface area contributed by atoms with Gasteiger partial charge in [0.25, 0.3) is 0 Å². The third-order valence-electron chi connectivity index (χ3n) is 5.66. The van der Waals surface area contributed by atoms with E-state index in [-0.39, 0.29) is 11.8 Å². The SMILES string of the molecule is C=C1C(CC)c2cc(OC)c(OC)cc2C(c2ccc(OC)c(OC)c2)=NN1C(=O)CC. The minimum Gasteiger partial charge on any atom is -0.493 e. The van der Waals surface area contributed by atoms with Gasteiger partial charge >= 0.3 is 0 Å². The van der Waals surface area contributed by atoms with Crippen LogP contribution in [0.15, 0.2) is 47.7 Å². The van der Waals surface area contributed by atoms with Gasteiger partial charge in [-0.3, -0.25) is 4.79 Å². The highest BCUT2D eigenvalue weighted by Gasteiger charge is 2.32. The first-order valence-corrected chi connectivity index (χ1v) is 10.5. The largest absolute Gasteiger partial charge is 0.493 e. The third-order valence-corrected chi connectivity index (χ3v) is 5.66.